The summed E-state index contributed by atoms with van der Waals surface area (Å²) >= 11 is 3.10. The molecule has 0 saturated heterocycles. The van der Waals surface area contributed by atoms with Gasteiger partial charge in [-0.05, 0) is 24.6 Å². The Hall–Kier alpha value is -1.75. The van der Waals surface area contributed by atoms with Gasteiger partial charge in [0.2, 0.25) is 0 Å². The van der Waals surface area contributed by atoms with E-state index in [1.54, 1.807) is 13.0 Å². The summed E-state index contributed by atoms with van der Waals surface area (Å²) in [6.45, 7) is 1.67. The molecule has 0 bridgehead atoms. The van der Waals surface area contributed by atoms with Crippen molar-refractivity contribution in [3.63, 3.8) is 0 Å². The Labute approximate surface area is 127 Å². The average Bonchev–Trinajstić information content (AvgIpc) is 2.39. The number of alkyl halides is 4. The Kier molecular flexibility index (Phi) is 6.03. The maximum Gasteiger partial charge on any atom is 0.573 e. The van der Waals surface area contributed by atoms with Crippen LogP contribution in [0.1, 0.15) is 23.6 Å². The number of hydrogen-bond acceptors (Lipinski definition) is 4. The van der Waals surface area contributed by atoms with Gasteiger partial charge in [-0.25, -0.2) is 0 Å². The van der Waals surface area contributed by atoms with Crippen LogP contribution in [0.2, 0.25) is 0 Å². The van der Waals surface area contributed by atoms with Crippen LogP contribution in [0.15, 0.2) is 12.1 Å². The smallest absolute Gasteiger partial charge is 0.466 e. The van der Waals surface area contributed by atoms with E-state index in [0.717, 1.165) is 6.07 Å². The van der Waals surface area contributed by atoms with E-state index >= 15 is 0 Å². The van der Waals surface area contributed by atoms with E-state index < -0.39 is 24.5 Å². The zero-order valence-corrected chi connectivity index (χ0v) is 12.5. The van der Waals surface area contributed by atoms with Crippen LogP contribution in [0, 0.1) is 11.3 Å². The number of carbonyl (C=O) groups is 1. The molecule has 8 heteroatoms. The van der Waals surface area contributed by atoms with Crippen LogP contribution in [-0.4, -0.2) is 18.9 Å². The lowest BCUT2D eigenvalue weighted by molar-refractivity contribution is -0.275. The molecule has 4 nitrogen and oxygen atoms in total. The molecule has 0 unspecified atom stereocenters. The molecule has 0 fully saturated rings. The number of benzene rings is 1. The molecule has 0 aromatic heterocycles. The fraction of sp³-hybridized carbons (Fsp3) is 0.385. The van der Waals surface area contributed by atoms with E-state index in [1.807, 2.05) is 0 Å². The second kappa shape index (κ2) is 7.31. The Morgan fingerprint density at radius 1 is 1.43 bits per heavy atom. The van der Waals surface area contributed by atoms with Gasteiger partial charge >= 0.3 is 12.3 Å². The van der Waals surface area contributed by atoms with Gasteiger partial charge in [0, 0.05) is 10.9 Å². The van der Waals surface area contributed by atoms with Crippen LogP contribution in [0.3, 0.4) is 0 Å². The van der Waals surface area contributed by atoms with Crippen LogP contribution in [0.25, 0.3) is 0 Å². The van der Waals surface area contributed by atoms with E-state index in [1.165, 1.54) is 6.07 Å². The van der Waals surface area contributed by atoms with Crippen LogP contribution in [0.5, 0.6) is 5.75 Å². The van der Waals surface area contributed by atoms with Crippen LogP contribution >= 0.6 is 15.9 Å². The normalized spacial score (nSPS) is 10.9. The van der Waals surface area contributed by atoms with Crippen molar-refractivity contribution < 1.29 is 27.4 Å². The second-order valence-electron chi connectivity index (χ2n) is 3.90. The first kappa shape index (κ1) is 17.3. The minimum atomic E-state index is -4.92. The number of nitrogens with zero attached hydrogens (tertiary/aromatic N) is 1. The number of esters is 1. The predicted octanol–water partition coefficient (Wildman–Crippen LogP) is 3.46. The van der Waals surface area contributed by atoms with E-state index in [4.69, 9.17) is 10.00 Å². The highest BCUT2D eigenvalue weighted by atomic mass is 79.9. The standard InChI is InChI=1S/C13H11BrF3NO3/c1-2-20-12(19)5-10-9(7-18)3-8(6-14)4-11(10)21-13(15,16)17/h3-4H,2,5-6H2,1H3. The van der Waals surface area contributed by atoms with Gasteiger partial charge in [0.05, 0.1) is 24.7 Å². The van der Waals surface area contributed by atoms with Gasteiger partial charge in [-0.1, -0.05) is 15.9 Å². The highest BCUT2D eigenvalue weighted by Crippen LogP contribution is 2.31. The Morgan fingerprint density at radius 3 is 2.57 bits per heavy atom. The van der Waals surface area contributed by atoms with Crippen molar-refractivity contribution in [3.05, 3.63) is 28.8 Å². The Morgan fingerprint density at radius 2 is 2.10 bits per heavy atom. The zero-order chi connectivity index (χ0) is 16.0. The number of carbonyl (C=O) groups excluding carboxylic acids is 1. The first-order chi connectivity index (χ1) is 9.80. The van der Waals surface area contributed by atoms with Crippen LogP contribution < -0.4 is 4.74 Å². The molecule has 0 aliphatic carbocycles. The quantitative estimate of drug-likeness (QED) is 0.592. The van der Waals surface area contributed by atoms with Crippen molar-refractivity contribution >= 4 is 21.9 Å². The molecule has 21 heavy (non-hydrogen) atoms. The van der Waals surface area contributed by atoms with Crippen molar-refractivity contribution in [1.82, 2.24) is 0 Å². The second-order valence-corrected chi connectivity index (χ2v) is 4.46. The molecule has 114 valence electrons. The van der Waals surface area contributed by atoms with Crippen LogP contribution in [0.4, 0.5) is 13.2 Å². The molecular weight excluding hydrogens is 355 g/mol. The van der Waals surface area contributed by atoms with E-state index in [9.17, 15) is 18.0 Å². The molecule has 0 aliphatic heterocycles. The maximum absolute atomic E-state index is 12.4. The molecular formula is C13H11BrF3NO3. The largest absolute Gasteiger partial charge is 0.573 e. The molecule has 0 aliphatic rings. The SMILES string of the molecule is CCOC(=O)Cc1c(C#N)cc(CBr)cc1OC(F)(F)F. The molecule has 1 aromatic rings. The number of halogens is 4. The zero-order valence-electron chi connectivity index (χ0n) is 11.0. The summed E-state index contributed by atoms with van der Waals surface area (Å²) in [6.07, 6.45) is -5.38. The minimum Gasteiger partial charge on any atom is -0.466 e. The van der Waals surface area contributed by atoms with Gasteiger partial charge in [-0.3, -0.25) is 4.79 Å². The van der Waals surface area contributed by atoms with Gasteiger partial charge < -0.3 is 9.47 Å². The third-order valence-electron chi connectivity index (χ3n) is 2.40. The first-order valence-electron chi connectivity index (χ1n) is 5.84. The first-order valence-corrected chi connectivity index (χ1v) is 6.96. The third kappa shape index (κ3) is 5.27. The summed E-state index contributed by atoms with van der Waals surface area (Å²) < 4.78 is 45.9. The summed E-state index contributed by atoms with van der Waals surface area (Å²) in [5.41, 5.74) is 0.232. The minimum absolute atomic E-state index is 0.0562. The summed E-state index contributed by atoms with van der Waals surface area (Å²) in [5.74, 6) is -1.29. The summed E-state index contributed by atoms with van der Waals surface area (Å²) in [7, 11) is 0. The van der Waals surface area contributed by atoms with Crippen molar-refractivity contribution in [1.29, 1.82) is 5.26 Å². The summed E-state index contributed by atoms with van der Waals surface area (Å²) in [4.78, 5) is 11.5. The van der Waals surface area contributed by atoms with Crippen molar-refractivity contribution in [2.45, 2.75) is 25.0 Å². The number of nitriles is 1. The van der Waals surface area contributed by atoms with E-state index in [-0.39, 0.29) is 23.1 Å². The monoisotopic (exact) mass is 365 g/mol. The topological polar surface area (TPSA) is 59.3 Å². The number of hydrogen-bond donors (Lipinski definition) is 0. The lowest BCUT2D eigenvalue weighted by Gasteiger charge is -2.15. The number of ether oxygens (including phenoxy) is 2. The average molecular weight is 366 g/mol. The third-order valence-corrected chi connectivity index (χ3v) is 3.04. The summed E-state index contributed by atoms with van der Waals surface area (Å²) in [5, 5.41) is 9.30. The van der Waals surface area contributed by atoms with Gasteiger partial charge in [0.25, 0.3) is 0 Å². The molecule has 0 radical (unpaired) electrons. The molecule has 0 spiro atoms. The van der Waals surface area contributed by atoms with Crippen molar-refractivity contribution in [3.8, 4) is 11.8 Å². The van der Waals surface area contributed by atoms with Gasteiger partial charge in [0.1, 0.15) is 5.75 Å². The maximum atomic E-state index is 12.4. The molecule has 0 amide bonds. The molecule has 0 N–H and O–H groups in total. The van der Waals surface area contributed by atoms with Gasteiger partial charge in [-0.15, -0.1) is 13.2 Å². The highest BCUT2D eigenvalue weighted by Gasteiger charge is 2.33. The van der Waals surface area contributed by atoms with Gasteiger partial charge in [0.15, 0.2) is 0 Å². The van der Waals surface area contributed by atoms with Crippen molar-refractivity contribution in [2.24, 2.45) is 0 Å². The fourth-order valence-corrected chi connectivity index (χ4v) is 1.96. The molecule has 0 heterocycles. The molecule has 0 atom stereocenters. The molecule has 1 aromatic carbocycles. The van der Waals surface area contributed by atoms with Crippen molar-refractivity contribution in [2.75, 3.05) is 6.61 Å². The molecule has 1 rings (SSSR count). The Bertz CT molecular complexity index is 567. The van der Waals surface area contributed by atoms with E-state index in [0.29, 0.717) is 5.56 Å². The predicted molar refractivity (Wildman–Crippen MR) is 70.8 cm³/mol. The van der Waals surface area contributed by atoms with Crippen LogP contribution in [-0.2, 0) is 21.3 Å². The lowest BCUT2D eigenvalue weighted by Crippen LogP contribution is -2.20. The summed E-state index contributed by atoms with van der Waals surface area (Å²) in [6, 6.07) is 4.30. The van der Waals surface area contributed by atoms with E-state index in [2.05, 4.69) is 20.7 Å². The Balaban J connectivity index is 3.29. The highest BCUT2D eigenvalue weighted by molar-refractivity contribution is 9.08. The number of rotatable bonds is 5. The van der Waals surface area contributed by atoms with Gasteiger partial charge in [-0.2, -0.15) is 5.26 Å². The fourth-order valence-electron chi connectivity index (χ4n) is 1.63. The lowest BCUT2D eigenvalue weighted by atomic mass is 10.0. The molecule has 0 saturated carbocycles.